The summed E-state index contributed by atoms with van der Waals surface area (Å²) in [5, 5.41) is 10.8. The van der Waals surface area contributed by atoms with E-state index in [-0.39, 0.29) is 37.0 Å². The van der Waals surface area contributed by atoms with E-state index in [0.717, 1.165) is 4.00 Å². The Bertz CT molecular complexity index is 488. The fourth-order valence-corrected chi connectivity index (χ4v) is 1.43. The Morgan fingerprint density at radius 3 is 2.13 bits per heavy atom. The summed E-state index contributed by atoms with van der Waals surface area (Å²) in [6.45, 7) is 7.94. The zero-order valence-electron chi connectivity index (χ0n) is 14.1. The Balaban J connectivity index is -0.000000262. The standard InChI is InChI=1S/C9H7.C4H10N.C4H8O2.2ClH.Ti/c1-2-5-9-7-3-6-8(9)4-1;1-4(2,3)5;1-2-6-4-3-5;;;/h1-7H;5H,1-3H3;5H,3-4H2,1H3;2*1H;/q2*-1;;;;+2/p-2. The van der Waals surface area contributed by atoms with Crippen molar-refractivity contribution in [1.29, 1.82) is 0 Å². The second-order valence-electron chi connectivity index (χ2n) is 5.53. The second-order valence-corrected chi connectivity index (χ2v) is 6.63. The van der Waals surface area contributed by atoms with E-state index in [9.17, 15) is 0 Å². The fourth-order valence-electron chi connectivity index (χ4n) is 1.27. The number of ether oxygens (including phenoxy) is 1. The van der Waals surface area contributed by atoms with Crippen LogP contribution in [0.4, 0.5) is 0 Å². The van der Waals surface area contributed by atoms with Gasteiger partial charge in [-0.2, -0.15) is 17.5 Å². The van der Waals surface area contributed by atoms with Crippen molar-refractivity contribution in [3.8, 4) is 0 Å². The first kappa shape index (κ1) is 27.7. The number of nitrogens with one attached hydrogen (secondary N) is 1. The Morgan fingerprint density at radius 2 is 1.74 bits per heavy atom. The third-order valence-corrected chi connectivity index (χ3v) is 2.18. The quantitative estimate of drug-likeness (QED) is 0.489. The van der Waals surface area contributed by atoms with Crippen LogP contribution in [0, 0.1) is 0 Å². The summed E-state index contributed by atoms with van der Waals surface area (Å²) in [5.41, 5.74) is 6.69. The molecule has 130 valence electrons. The van der Waals surface area contributed by atoms with Crippen LogP contribution in [-0.2, 0) is 24.7 Å². The van der Waals surface area contributed by atoms with Gasteiger partial charge in [0.05, 0.1) is 0 Å². The summed E-state index contributed by atoms with van der Waals surface area (Å²) in [6, 6.07) is 14.7. The molecule has 0 amide bonds. The van der Waals surface area contributed by atoms with Gasteiger partial charge < -0.3 is 30.5 Å². The van der Waals surface area contributed by atoms with E-state index >= 15 is 0 Å². The molecule has 0 unspecified atom stereocenters. The average molecular weight is 394 g/mol. The van der Waals surface area contributed by atoms with Gasteiger partial charge >= 0.3 is 54.0 Å². The second kappa shape index (κ2) is 15.4. The predicted octanol–water partition coefficient (Wildman–Crippen LogP) is -1.90. The SMILES string of the molecule is CC(C)(C)[NH-].C[C](=[Ti+2])OCCO.[Cl-].[Cl-].c1ccc2[cH-]ccc2c1. The van der Waals surface area contributed by atoms with Crippen molar-refractivity contribution in [3.05, 3.63) is 48.2 Å². The van der Waals surface area contributed by atoms with Crippen molar-refractivity contribution in [1.82, 2.24) is 0 Å². The monoisotopic (exact) mass is 393 g/mol. The predicted molar refractivity (Wildman–Crippen MR) is 87.3 cm³/mol. The average Bonchev–Trinajstić information content (AvgIpc) is 2.83. The van der Waals surface area contributed by atoms with Crippen molar-refractivity contribution in [2.24, 2.45) is 0 Å². The van der Waals surface area contributed by atoms with E-state index < -0.39 is 0 Å². The van der Waals surface area contributed by atoms with E-state index in [0.29, 0.717) is 6.61 Å². The van der Waals surface area contributed by atoms with Crippen LogP contribution in [0.5, 0.6) is 0 Å². The summed E-state index contributed by atoms with van der Waals surface area (Å²) in [4.78, 5) is 0. The van der Waals surface area contributed by atoms with Crippen LogP contribution < -0.4 is 24.8 Å². The summed E-state index contributed by atoms with van der Waals surface area (Å²) in [7, 11) is 0. The molecule has 3 nitrogen and oxygen atoms in total. The van der Waals surface area contributed by atoms with Gasteiger partial charge in [-0.15, -0.1) is 35.2 Å². The van der Waals surface area contributed by atoms with Crippen molar-refractivity contribution in [2.75, 3.05) is 13.2 Å². The van der Waals surface area contributed by atoms with E-state index in [2.05, 4.69) is 42.5 Å². The molecule has 0 saturated heterocycles. The van der Waals surface area contributed by atoms with Crippen LogP contribution in [0.25, 0.3) is 16.5 Å². The van der Waals surface area contributed by atoms with Crippen LogP contribution in [0.15, 0.2) is 42.5 Å². The van der Waals surface area contributed by atoms with Gasteiger partial charge in [-0.25, -0.2) is 0 Å². The molecule has 2 aromatic rings. The van der Waals surface area contributed by atoms with Crippen molar-refractivity contribution >= 4 is 14.8 Å². The molecule has 0 bridgehead atoms. The Kier molecular flexibility index (Phi) is 18.6. The van der Waals surface area contributed by atoms with Gasteiger partial charge in [0.25, 0.3) is 0 Å². The third kappa shape index (κ3) is 19.8. The first-order valence-corrected chi connectivity index (χ1v) is 7.66. The number of aliphatic hydroxyl groups excluding tert-OH is 1. The van der Waals surface area contributed by atoms with E-state index in [1.54, 1.807) is 0 Å². The zero-order chi connectivity index (χ0) is 16.3. The number of hydrogen-bond acceptors (Lipinski definition) is 2. The molecule has 0 heterocycles. The molecule has 6 heteroatoms. The van der Waals surface area contributed by atoms with Gasteiger partial charge in [0.1, 0.15) is 0 Å². The Hall–Kier alpha value is -0.126. The van der Waals surface area contributed by atoms with Crippen LogP contribution in [0.2, 0.25) is 0 Å². The van der Waals surface area contributed by atoms with Crippen molar-refractivity contribution in [3.63, 3.8) is 0 Å². The molecule has 2 aromatic carbocycles. The largest absolute Gasteiger partial charge is 1.00 e. The molecule has 0 aliphatic heterocycles. The molecule has 0 spiro atoms. The van der Waals surface area contributed by atoms with Gasteiger partial charge in [0.15, 0.2) is 0 Å². The summed E-state index contributed by atoms with van der Waals surface area (Å²) in [5.74, 6) is 0. The number of fused-ring (bicyclic) bond motifs is 1. The molecule has 0 aliphatic rings. The van der Waals surface area contributed by atoms with Crippen molar-refractivity contribution < 1.29 is 54.6 Å². The molecule has 2 N–H and O–H groups in total. The molecule has 0 aromatic heterocycles. The van der Waals surface area contributed by atoms with Gasteiger partial charge in [0.2, 0.25) is 0 Å². The molecule has 23 heavy (non-hydrogen) atoms. The number of halogens is 2. The molecule has 0 fully saturated rings. The van der Waals surface area contributed by atoms with Crippen LogP contribution in [0.1, 0.15) is 27.7 Å². The van der Waals surface area contributed by atoms with Crippen LogP contribution >= 0.6 is 0 Å². The number of aliphatic hydroxyl groups is 1. The molecular weight excluding hydrogens is 369 g/mol. The summed E-state index contributed by atoms with van der Waals surface area (Å²) < 4.78 is 5.75. The first-order chi connectivity index (χ1) is 9.74. The van der Waals surface area contributed by atoms with Crippen LogP contribution in [-0.4, -0.2) is 27.9 Å². The molecule has 0 atom stereocenters. The van der Waals surface area contributed by atoms with E-state index in [1.165, 1.54) is 10.8 Å². The van der Waals surface area contributed by atoms with Gasteiger partial charge in [-0.1, -0.05) is 26.8 Å². The molecule has 0 aliphatic carbocycles. The molecule has 2 rings (SSSR count). The number of rotatable bonds is 3. The van der Waals surface area contributed by atoms with Crippen LogP contribution in [0.3, 0.4) is 0 Å². The summed E-state index contributed by atoms with van der Waals surface area (Å²) >= 11 is 1.86. The van der Waals surface area contributed by atoms with Crippen molar-refractivity contribution in [2.45, 2.75) is 33.2 Å². The molecule has 0 saturated carbocycles. The minimum Gasteiger partial charge on any atom is -1.00 e. The Labute approximate surface area is 163 Å². The summed E-state index contributed by atoms with van der Waals surface area (Å²) in [6.07, 6.45) is 0. The maximum Gasteiger partial charge on any atom is -0.0809 e. The third-order valence-electron chi connectivity index (χ3n) is 1.96. The topological polar surface area (TPSA) is 53.3 Å². The zero-order valence-corrected chi connectivity index (χ0v) is 17.1. The number of benzene rings is 1. The smallest absolute Gasteiger partial charge is 0.0809 e. The van der Waals surface area contributed by atoms with Gasteiger partial charge in [0, 0.05) is 0 Å². The maximum atomic E-state index is 8.18. The minimum atomic E-state index is -0.250. The number of hydrogen-bond donors (Lipinski definition) is 1. The van der Waals surface area contributed by atoms with Gasteiger partial charge in [-0.3, -0.25) is 0 Å². The van der Waals surface area contributed by atoms with Gasteiger partial charge in [-0.05, 0) is 0 Å². The Morgan fingerprint density at radius 1 is 1.22 bits per heavy atom. The first-order valence-electron chi connectivity index (χ1n) is 6.88. The molecular formula is C17H25Cl2NO2Ti-2. The van der Waals surface area contributed by atoms with E-state index in [4.69, 9.17) is 15.6 Å². The molecule has 0 radical (unpaired) electrons. The van der Waals surface area contributed by atoms with E-state index in [1.807, 2.05) is 47.7 Å². The fraction of sp³-hybridized carbons (Fsp3) is 0.412. The maximum absolute atomic E-state index is 8.18. The minimum absolute atomic E-state index is 0. The normalized spacial score (nSPS) is 9.39.